The van der Waals surface area contributed by atoms with E-state index in [0.717, 1.165) is 6.42 Å². The van der Waals surface area contributed by atoms with E-state index in [0.29, 0.717) is 6.54 Å². The molecule has 0 bridgehead atoms. The van der Waals surface area contributed by atoms with Crippen LogP contribution >= 0.6 is 0 Å². The molecular weight excluding hydrogens is 198 g/mol. The number of nitrogens with one attached hydrogen (secondary N) is 1. The number of hydrogen-bond donors (Lipinski definition) is 1. The Morgan fingerprint density at radius 2 is 1.71 bits per heavy atom. The van der Waals surface area contributed by atoms with E-state index in [1.165, 1.54) is 0 Å². The first-order valence-corrected chi connectivity index (χ1v) is 6.75. The van der Waals surface area contributed by atoms with Crippen molar-refractivity contribution >= 4 is 10.0 Å². The van der Waals surface area contributed by atoms with Gasteiger partial charge in [0.25, 0.3) is 0 Å². The molecular formula is C10H23NO2S. The molecule has 86 valence electrons. The maximum atomic E-state index is 11.4. The summed E-state index contributed by atoms with van der Waals surface area (Å²) in [5, 5.41) is 0. The molecule has 0 amide bonds. The van der Waals surface area contributed by atoms with E-state index < -0.39 is 10.0 Å². The van der Waals surface area contributed by atoms with Crippen LogP contribution in [0.2, 0.25) is 0 Å². The molecule has 3 nitrogen and oxygen atoms in total. The van der Waals surface area contributed by atoms with Crippen LogP contribution in [0.3, 0.4) is 0 Å². The van der Waals surface area contributed by atoms with E-state index in [-0.39, 0.29) is 17.1 Å². The fourth-order valence-corrected chi connectivity index (χ4v) is 2.49. The van der Waals surface area contributed by atoms with Gasteiger partial charge in [-0.25, -0.2) is 13.1 Å². The lowest BCUT2D eigenvalue weighted by atomic mass is 9.93. The summed E-state index contributed by atoms with van der Waals surface area (Å²) in [6.07, 6.45) is 0.865. The van der Waals surface area contributed by atoms with Gasteiger partial charge in [0.05, 0.1) is 5.75 Å². The van der Waals surface area contributed by atoms with Crippen molar-refractivity contribution in [2.75, 3.05) is 12.3 Å². The highest BCUT2D eigenvalue weighted by Gasteiger charge is 2.14. The highest BCUT2D eigenvalue weighted by Crippen LogP contribution is 2.17. The predicted molar refractivity (Wildman–Crippen MR) is 60.7 cm³/mol. The first-order valence-electron chi connectivity index (χ1n) is 5.10. The minimum Gasteiger partial charge on any atom is -0.215 e. The molecule has 0 aromatic heterocycles. The molecule has 0 saturated heterocycles. The largest absolute Gasteiger partial charge is 0.215 e. The molecule has 0 aliphatic heterocycles. The third-order valence-corrected chi connectivity index (χ3v) is 3.50. The molecule has 0 unspecified atom stereocenters. The Morgan fingerprint density at radius 3 is 2.07 bits per heavy atom. The standard InChI is InChI=1S/C10H23NO2S/c1-9(2)8-14(12,13)11-7-6-10(3,4)5/h9,11H,6-8H2,1-5H3. The normalized spacial score (nSPS) is 13.6. The van der Waals surface area contributed by atoms with Crippen LogP contribution < -0.4 is 4.72 Å². The first-order chi connectivity index (χ1) is 6.12. The minimum atomic E-state index is -3.05. The first kappa shape index (κ1) is 13.9. The van der Waals surface area contributed by atoms with Crippen LogP contribution in [0.15, 0.2) is 0 Å². The van der Waals surface area contributed by atoms with Crippen molar-refractivity contribution in [3.8, 4) is 0 Å². The molecule has 0 saturated carbocycles. The lowest BCUT2D eigenvalue weighted by molar-refractivity contribution is 0.378. The monoisotopic (exact) mass is 221 g/mol. The smallest absolute Gasteiger partial charge is 0.211 e. The van der Waals surface area contributed by atoms with Crippen LogP contribution in [-0.2, 0) is 10.0 Å². The molecule has 0 rings (SSSR count). The van der Waals surface area contributed by atoms with E-state index in [9.17, 15) is 8.42 Å². The van der Waals surface area contributed by atoms with Crippen LogP contribution in [0.4, 0.5) is 0 Å². The topological polar surface area (TPSA) is 46.2 Å². The van der Waals surface area contributed by atoms with Crippen LogP contribution in [0, 0.1) is 11.3 Å². The summed E-state index contributed by atoms with van der Waals surface area (Å²) in [6, 6.07) is 0. The van der Waals surface area contributed by atoms with Gasteiger partial charge in [-0.1, -0.05) is 34.6 Å². The Kier molecular flexibility index (Phi) is 5.09. The summed E-state index contributed by atoms with van der Waals surface area (Å²) in [6.45, 7) is 10.7. The number of sulfonamides is 1. The number of hydrogen-bond acceptors (Lipinski definition) is 2. The average Bonchev–Trinajstić information content (AvgIpc) is 1.78. The van der Waals surface area contributed by atoms with E-state index in [1.807, 2.05) is 13.8 Å². The van der Waals surface area contributed by atoms with Gasteiger partial charge < -0.3 is 0 Å². The van der Waals surface area contributed by atoms with Gasteiger partial charge in [-0.3, -0.25) is 0 Å². The molecule has 0 aliphatic rings. The molecule has 0 aromatic carbocycles. The highest BCUT2D eigenvalue weighted by molar-refractivity contribution is 7.89. The summed E-state index contributed by atoms with van der Waals surface area (Å²) >= 11 is 0. The van der Waals surface area contributed by atoms with Crippen LogP contribution in [0.5, 0.6) is 0 Å². The predicted octanol–water partition coefficient (Wildman–Crippen LogP) is 2.00. The van der Waals surface area contributed by atoms with E-state index in [4.69, 9.17) is 0 Å². The van der Waals surface area contributed by atoms with Crippen molar-refractivity contribution in [2.45, 2.75) is 41.0 Å². The van der Waals surface area contributed by atoms with E-state index >= 15 is 0 Å². The maximum Gasteiger partial charge on any atom is 0.211 e. The second-order valence-electron chi connectivity index (χ2n) is 5.38. The quantitative estimate of drug-likeness (QED) is 0.772. The average molecular weight is 221 g/mol. The molecule has 14 heavy (non-hydrogen) atoms. The Labute approximate surface area is 88.3 Å². The highest BCUT2D eigenvalue weighted by atomic mass is 32.2. The molecule has 0 heterocycles. The third kappa shape index (κ3) is 8.51. The van der Waals surface area contributed by atoms with Gasteiger partial charge in [0.1, 0.15) is 0 Å². The van der Waals surface area contributed by atoms with Crippen LogP contribution in [-0.4, -0.2) is 20.7 Å². The second kappa shape index (κ2) is 5.12. The van der Waals surface area contributed by atoms with Gasteiger partial charge in [-0.15, -0.1) is 0 Å². The fraction of sp³-hybridized carbons (Fsp3) is 1.00. The molecule has 0 atom stereocenters. The minimum absolute atomic E-state index is 0.181. The zero-order chi connectivity index (χ0) is 11.4. The van der Waals surface area contributed by atoms with Gasteiger partial charge in [0.15, 0.2) is 0 Å². The molecule has 4 heteroatoms. The molecule has 0 aromatic rings. The van der Waals surface area contributed by atoms with Gasteiger partial charge in [0, 0.05) is 6.54 Å². The van der Waals surface area contributed by atoms with Crippen molar-refractivity contribution in [3.63, 3.8) is 0 Å². The lowest BCUT2D eigenvalue weighted by Crippen LogP contribution is -2.31. The summed E-state index contributed by atoms with van der Waals surface area (Å²) in [5.41, 5.74) is 0.181. The zero-order valence-corrected chi connectivity index (χ0v) is 10.7. The van der Waals surface area contributed by atoms with Crippen molar-refractivity contribution in [1.82, 2.24) is 4.72 Å². The van der Waals surface area contributed by atoms with Crippen molar-refractivity contribution in [3.05, 3.63) is 0 Å². The lowest BCUT2D eigenvalue weighted by Gasteiger charge is -2.18. The Bertz CT molecular complexity index is 250. The van der Waals surface area contributed by atoms with Crippen molar-refractivity contribution in [1.29, 1.82) is 0 Å². The Balaban J connectivity index is 3.90. The van der Waals surface area contributed by atoms with E-state index in [1.54, 1.807) is 0 Å². The summed E-state index contributed by atoms with van der Waals surface area (Å²) in [5.74, 6) is 0.402. The number of rotatable bonds is 5. The Hall–Kier alpha value is -0.0900. The van der Waals surface area contributed by atoms with Gasteiger partial charge in [-0.2, -0.15) is 0 Å². The third-order valence-electron chi connectivity index (χ3n) is 1.75. The fourth-order valence-electron chi connectivity index (χ4n) is 1.08. The summed E-state index contributed by atoms with van der Waals surface area (Å²) < 4.78 is 25.5. The van der Waals surface area contributed by atoms with Gasteiger partial charge in [-0.05, 0) is 17.8 Å². The molecule has 0 radical (unpaired) electrons. The van der Waals surface area contributed by atoms with Crippen LogP contribution in [0.1, 0.15) is 41.0 Å². The second-order valence-corrected chi connectivity index (χ2v) is 7.23. The van der Waals surface area contributed by atoms with Gasteiger partial charge in [0.2, 0.25) is 10.0 Å². The summed E-state index contributed by atoms with van der Waals surface area (Å²) in [4.78, 5) is 0. The molecule has 0 spiro atoms. The van der Waals surface area contributed by atoms with Crippen molar-refractivity contribution < 1.29 is 8.42 Å². The van der Waals surface area contributed by atoms with E-state index in [2.05, 4.69) is 25.5 Å². The van der Waals surface area contributed by atoms with Crippen LogP contribution in [0.25, 0.3) is 0 Å². The molecule has 0 fully saturated rings. The van der Waals surface area contributed by atoms with Gasteiger partial charge >= 0.3 is 0 Å². The summed E-state index contributed by atoms with van der Waals surface area (Å²) in [7, 11) is -3.05. The maximum absolute atomic E-state index is 11.4. The van der Waals surface area contributed by atoms with Crippen molar-refractivity contribution in [2.24, 2.45) is 11.3 Å². The zero-order valence-electron chi connectivity index (χ0n) is 9.92. The Morgan fingerprint density at radius 1 is 1.21 bits per heavy atom. The SMILES string of the molecule is CC(C)CS(=O)(=O)NCCC(C)(C)C. The molecule has 1 N–H and O–H groups in total. The molecule has 0 aliphatic carbocycles.